The first kappa shape index (κ1) is 22.3. The first-order valence-electron chi connectivity index (χ1n) is 11.5. The van der Waals surface area contributed by atoms with Crippen LogP contribution in [0.3, 0.4) is 0 Å². The van der Waals surface area contributed by atoms with Gasteiger partial charge in [-0.2, -0.15) is 5.26 Å². The lowest BCUT2D eigenvalue weighted by atomic mass is 9.76. The number of halogens is 1. The molecule has 0 N–H and O–H groups in total. The number of unbranched alkanes of at least 4 members (excludes halogenated alkanes) is 3. The van der Waals surface area contributed by atoms with Crippen LogP contribution in [0.1, 0.15) is 87.3 Å². The van der Waals surface area contributed by atoms with Crippen LogP contribution in [-0.2, 0) is 0 Å². The minimum Gasteiger partial charge on any atom is -0.493 e. The summed E-state index contributed by atoms with van der Waals surface area (Å²) in [6.45, 7) is 3.98. The minimum absolute atomic E-state index is 0.211. The van der Waals surface area contributed by atoms with Crippen molar-refractivity contribution in [2.75, 3.05) is 7.11 Å². The van der Waals surface area contributed by atoms with E-state index < -0.39 is 0 Å². The monoisotopic (exact) mass is 407 g/mol. The Balaban J connectivity index is 1.74. The van der Waals surface area contributed by atoms with Gasteiger partial charge in [0.25, 0.3) is 0 Å². The fourth-order valence-corrected chi connectivity index (χ4v) is 4.85. The number of nitriles is 1. The van der Waals surface area contributed by atoms with E-state index in [-0.39, 0.29) is 11.6 Å². The second-order valence-electron chi connectivity index (χ2n) is 8.76. The number of hydrogen-bond donors (Lipinski definition) is 0. The van der Waals surface area contributed by atoms with Crippen LogP contribution >= 0.6 is 0 Å². The van der Waals surface area contributed by atoms with Crippen LogP contribution in [0.15, 0.2) is 30.3 Å². The molecule has 1 saturated carbocycles. The predicted molar refractivity (Wildman–Crippen MR) is 121 cm³/mol. The molecule has 0 atom stereocenters. The van der Waals surface area contributed by atoms with Gasteiger partial charge in [0.2, 0.25) is 0 Å². The molecule has 2 nitrogen and oxygen atoms in total. The summed E-state index contributed by atoms with van der Waals surface area (Å²) in [5.41, 5.74) is 3.75. The van der Waals surface area contributed by atoms with Crippen molar-refractivity contribution in [3.05, 3.63) is 52.8 Å². The maximum atomic E-state index is 14.5. The molecule has 0 saturated heterocycles. The van der Waals surface area contributed by atoms with Gasteiger partial charge in [-0.3, -0.25) is 0 Å². The van der Waals surface area contributed by atoms with Crippen LogP contribution < -0.4 is 4.74 Å². The van der Waals surface area contributed by atoms with Gasteiger partial charge in [0.15, 0.2) is 11.6 Å². The molecule has 2 aromatic rings. The van der Waals surface area contributed by atoms with Gasteiger partial charge in [-0.1, -0.05) is 63.3 Å². The SMILES string of the molecule is CCCCCCC1CCC(c2ccc(-c3ccc(C)c(F)c3OC)c(C#N)c2)CC1. The van der Waals surface area contributed by atoms with Gasteiger partial charge in [0, 0.05) is 11.1 Å². The quantitative estimate of drug-likeness (QED) is 0.416. The summed E-state index contributed by atoms with van der Waals surface area (Å²) in [5, 5.41) is 9.79. The summed E-state index contributed by atoms with van der Waals surface area (Å²) in [4.78, 5) is 0. The first-order chi connectivity index (χ1) is 14.6. The average Bonchev–Trinajstić information content (AvgIpc) is 2.78. The molecule has 1 aliphatic rings. The Kier molecular flexibility index (Phi) is 7.91. The van der Waals surface area contributed by atoms with Crippen molar-refractivity contribution in [3.8, 4) is 22.9 Å². The van der Waals surface area contributed by atoms with Crippen molar-refractivity contribution in [1.29, 1.82) is 5.26 Å². The van der Waals surface area contributed by atoms with Gasteiger partial charge in [0.1, 0.15) is 0 Å². The third kappa shape index (κ3) is 5.04. The molecule has 0 aromatic heterocycles. The smallest absolute Gasteiger partial charge is 0.168 e. The zero-order chi connectivity index (χ0) is 21.5. The molecule has 1 aliphatic carbocycles. The minimum atomic E-state index is -0.361. The molecule has 30 heavy (non-hydrogen) atoms. The van der Waals surface area contributed by atoms with Gasteiger partial charge in [0.05, 0.1) is 18.7 Å². The van der Waals surface area contributed by atoms with E-state index in [1.54, 1.807) is 13.0 Å². The second kappa shape index (κ2) is 10.6. The summed E-state index contributed by atoms with van der Waals surface area (Å²) in [6.07, 6.45) is 11.7. The normalized spacial score (nSPS) is 18.8. The first-order valence-corrected chi connectivity index (χ1v) is 11.5. The molecular weight excluding hydrogens is 373 g/mol. The molecule has 3 heteroatoms. The van der Waals surface area contributed by atoms with Gasteiger partial charge in [-0.05, 0) is 61.6 Å². The van der Waals surface area contributed by atoms with Crippen LogP contribution in [0.5, 0.6) is 5.75 Å². The van der Waals surface area contributed by atoms with Crippen molar-refractivity contribution in [3.63, 3.8) is 0 Å². The highest BCUT2D eigenvalue weighted by atomic mass is 19.1. The van der Waals surface area contributed by atoms with Crippen LogP contribution in [0.25, 0.3) is 11.1 Å². The zero-order valence-electron chi connectivity index (χ0n) is 18.6. The molecule has 0 unspecified atom stereocenters. The summed E-state index contributed by atoms with van der Waals surface area (Å²) in [6, 6.07) is 12.0. The second-order valence-corrected chi connectivity index (χ2v) is 8.76. The van der Waals surface area contributed by atoms with Crippen LogP contribution in [0, 0.1) is 30.0 Å². The maximum Gasteiger partial charge on any atom is 0.168 e. The highest BCUT2D eigenvalue weighted by Gasteiger charge is 2.23. The molecule has 0 aliphatic heterocycles. The van der Waals surface area contributed by atoms with Gasteiger partial charge in [-0.15, -0.1) is 0 Å². The molecule has 160 valence electrons. The maximum absolute atomic E-state index is 14.5. The lowest BCUT2D eigenvalue weighted by molar-refractivity contribution is 0.302. The van der Waals surface area contributed by atoms with Crippen molar-refractivity contribution in [1.82, 2.24) is 0 Å². The predicted octanol–water partition coefficient (Wildman–Crippen LogP) is 7.93. The Bertz CT molecular complexity index is 890. The van der Waals surface area contributed by atoms with E-state index in [1.807, 2.05) is 18.2 Å². The number of nitrogens with zero attached hydrogens (tertiary/aromatic N) is 1. The van der Waals surface area contributed by atoms with Gasteiger partial charge >= 0.3 is 0 Å². The number of rotatable bonds is 8. The molecule has 0 heterocycles. The van der Waals surface area contributed by atoms with Crippen molar-refractivity contribution in [2.24, 2.45) is 5.92 Å². The average molecular weight is 408 g/mol. The van der Waals surface area contributed by atoms with Crippen molar-refractivity contribution < 1.29 is 9.13 Å². The van der Waals surface area contributed by atoms with Crippen molar-refractivity contribution >= 4 is 0 Å². The number of hydrogen-bond acceptors (Lipinski definition) is 2. The van der Waals surface area contributed by atoms with Crippen LogP contribution in [0.2, 0.25) is 0 Å². The number of aryl methyl sites for hydroxylation is 1. The van der Waals surface area contributed by atoms with Crippen LogP contribution in [0.4, 0.5) is 4.39 Å². The van der Waals surface area contributed by atoms with E-state index in [0.717, 1.165) is 11.5 Å². The van der Waals surface area contributed by atoms with E-state index in [1.165, 1.54) is 70.5 Å². The molecule has 2 aromatic carbocycles. The Morgan fingerprint density at radius 3 is 2.43 bits per heavy atom. The highest BCUT2D eigenvalue weighted by Crippen LogP contribution is 2.40. The van der Waals surface area contributed by atoms with Gasteiger partial charge in [-0.25, -0.2) is 4.39 Å². The highest BCUT2D eigenvalue weighted by molar-refractivity contribution is 5.76. The lowest BCUT2D eigenvalue weighted by Gasteiger charge is -2.29. The summed E-state index contributed by atoms with van der Waals surface area (Å²) in [7, 11) is 1.47. The fourth-order valence-electron chi connectivity index (χ4n) is 4.85. The summed E-state index contributed by atoms with van der Waals surface area (Å²) < 4.78 is 19.8. The fraction of sp³-hybridized carbons (Fsp3) is 0.519. The standard InChI is InChI=1S/C27H34FNO/c1-4-5-6-7-8-20-10-12-21(13-11-20)22-14-16-24(23(17-22)18-29)25-15-9-19(2)26(28)27(25)30-3/h9,14-17,20-21H,4-8,10-13H2,1-3H3. The number of methoxy groups -OCH3 is 1. The Labute approximate surface area is 181 Å². The molecule has 0 bridgehead atoms. The van der Waals surface area contributed by atoms with E-state index in [9.17, 15) is 9.65 Å². The van der Waals surface area contributed by atoms with E-state index >= 15 is 0 Å². The summed E-state index contributed by atoms with van der Waals surface area (Å²) >= 11 is 0. The topological polar surface area (TPSA) is 33.0 Å². The zero-order valence-corrected chi connectivity index (χ0v) is 18.6. The Morgan fingerprint density at radius 1 is 1.03 bits per heavy atom. The molecule has 0 radical (unpaired) electrons. The third-order valence-electron chi connectivity index (χ3n) is 6.73. The number of ether oxygens (including phenoxy) is 1. The third-order valence-corrected chi connectivity index (χ3v) is 6.73. The summed E-state index contributed by atoms with van der Waals surface area (Å²) in [5.74, 6) is 1.24. The molecule has 3 rings (SSSR count). The van der Waals surface area contributed by atoms with Crippen LogP contribution in [-0.4, -0.2) is 7.11 Å². The van der Waals surface area contributed by atoms with E-state index in [0.29, 0.717) is 22.6 Å². The molecule has 0 spiro atoms. The molecule has 0 amide bonds. The van der Waals surface area contributed by atoms with E-state index in [4.69, 9.17) is 4.74 Å². The van der Waals surface area contributed by atoms with E-state index in [2.05, 4.69) is 19.1 Å². The Hall–Kier alpha value is -2.34. The van der Waals surface area contributed by atoms with Gasteiger partial charge < -0.3 is 4.74 Å². The van der Waals surface area contributed by atoms with Crippen molar-refractivity contribution in [2.45, 2.75) is 77.6 Å². The lowest BCUT2D eigenvalue weighted by Crippen LogP contribution is -2.13. The number of benzene rings is 2. The molecule has 1 fully saturated rings. The molecular formula is C27H34FNO. The Morgan fingerprint density at radius 2 is 1.77 bits per heavy atom. The largest absolute Gasteiger partial charge is 0.493 e.